The zero-order valence-corrected chi connectivity index (χ0v) is 14.0. The molecule has 1 amide bonds. The number of para-hydroxylation sites is 1. The fourth-order valence-corrected chi connectivity index (χ4v) is 2.49. The molecular weight excluding hydrogens is 319 g/mol. The maximum absolute atomic E-state index is 12.3. The molecule has 0 aliphatic heterocycles. The van der Waals surface area contributed by atoms with Crippen molar-refractivity contribution in [1.29, 1.82) is 0 Å². The van der Waals surface area contributed by atoms with Gasteiger partial charge in [0.2, 0.25) is 5.91 Å². The van der Waals surface area contributed by atoms with E-state index in [1.165, 1.54) is 0 Å². The van der Waals surface area contributed by atoms with Gasteiger partial charge in [-0.1, -0.05) is 47.5 Å². The van der Waals surface area contributed by atoms with E-state index < -0.39 is 0 Å². The monoisotopic (exact) mass is 336 g/mol. The van der Waals surface area contributed by atoms with Crippen LogP contribution in [0.1, 0.15) is 12.5 Å². The third kappa shape index (κ3) is 4.47. The first-order valence-electron chi connectivity index (χ1n) is 6.97. The summed E-state index contributed by atoms with van der Waals surface area (Å²) in [6.07, 6.45) is 0. The first-order valence-corrected chi connectivity index (χ1v) is 7.73. The molecule has 0 heterocycles. The Hall–Kier alpha value is -1.55. The van der Waals surface area contributed by atoms with Crippen molar-refractivity contribution in [3.8, 4) is 0 Å². The number of hydrogen-bond acceptors (Lipinski definition) is 2. The first-order chi connectivity index (χ1) is 10.5. The van der Waals surface area contributed by atoms with Crippen LogP contribution in [0, 0.1) is 0 Å². The highest BCUT2D eigenvalue weighted by molar-refractivity contribution is 6.35. The molecule has 2 aromatic rings. The highest BCUT2D eigenvalue weighted by Gasteiger charge is 2.19. The molecule has 0 unspecified atom stereocenters. The van der Waals surface area contributed by atoms with E-state index in [1.54, 1.807) is 12.1 Å². The number of carbonyl (C=O) groups excluding carboxylic acids is 1. The fourth-order valence-electron chi connectivity index (χ4n) is 2.02. The van der Waals surface area contributed by atoms with Gasteiger partial charge in [0, 0.05) is 22.3 Å². The van der Waals surface area contributed by atoms with Crippen LogP contribution in [0.25, 0.3) is 0 Å². The van der Waals surface area contributed by atoms with Crippen LogP contribution in [0.3, 0.4) is 0 Å². The average molecular weight is 337 g/mol. The Morgan fingerprint density at radius 1 is 1.18 bits per heavy atom. The van der Waals surface area contributed by atoms with E-state index in [4.69, 9.17) is 23.2 Å². The molecule has 0 aliphatic carbocycles. The number of carbonyl (C=O) groups is 1. The fraction of sp³-hybridized carbons (Fsp3) is 0.235. The van der Waals surface area contributed by atoms with Crippen LogP contribution >= 0.6 is 23.2 Å². The molecule has 0 aromatic heterocycles. The number of likely N-dealkylation sites (N-methyl/N-ethyl adjacent to an activating group) is 1. The summed E-state index contributed by atoms with van der Waals surface area (Å²) in [7, 11) is 1.89. The summed E-state index contributed by atoms with van der Waals surface area (Å²) >= 11 is 12.1. The molecule has 22 heavy (non-hydrogen) atoms. The molecule has 116 valence electrons. The maximum atomic E-state index is 12.3. The van der Waals surface area contributed by atoms with Crippen molar-refractivity contribution in [1.82, 2.24) is 4.90 Å². The van der Waals surface area contributed by atoms with Crippen LogP contribution in [0.4, 0.5) is 5.69 Å². The molecular formula is C17H18Cl2N2O. The maximum Gasteiger partial charge on any atom is 0.241 e. The summed E-state index contributed by atoms with van der Waals surface area (Å²) < 4.78 is 0. The third-order valence-electron chi connectivity index (χ3n) is 3.52. The van der Waals surface area contributed by atoms with Gasteiger partial charge in [-0.05, 0) is 43.8 Å². The van der Waals surface area contributed by atoms with Gasteiger partial charge < -0.3 is 5.32 Å². The minimum absolute atomic E-state index is 0.0567. The van der Waals surface area contributed by atoms with E-state index in [0.29, 0.717) is 16.6 Å². The lowest BCUT2D eigenvalue weighted by molar-refractivity contribution is -0.120. The predicted molar refractivity (Wildman–Crippen MR) is 92.5 cm³/mol. The molecule has 0 aliphatic rings. The lowest BCUT2D eigenvalue weighted by atomic mass is 10.2. The van der Waals surface area contributed by atoms with Gasteiger partial charge in [0.05, 0.1) is 6.04 Å². The largest absolute Gasteiger partial charge is 0.325 e. The number of nitrogens with zero attached hydrogens (tertiary/aromatic N) is 1. The van der Waals surface area contributed by atoms with E-state index in [2.05, 4.69) is 5.32 Å². The predicted octanol–water partition coefficient (Wildman–Crippen LogP) is 4.45. The number of amides is 1. The van der Waals surface area contributed by atoms with Crippen molar-refractivity contribution in [2.45, 2.75) is 19.5 Å². The molecule has 2 aromatic carbocycles. The SMILES string of the molecule is C[C@@H](C(=O)Nc1ccccc1)N(C)Cc1ccc(Cl)cc1Cl. The van der Waals surface area contributed by atoms with Gasteiger partial charge in [-0.25, -0.2) is 0 Å². The minimum Gasteiger partial charge on any atom is -0.325 e. The second-order valence-electron chi connectivity index (χ2n) is 5.18. The Bertz CT molecular complexity index is 646. The summed E-state index contributed by atoms with van der Waals surface area (Å²) in [4.78, 5) is 14.2. The number of hydrogen-bond donors (Lipinski definition) is 1. The van der Waals surface area contributed by atoms with Crippen molar-refractivity contribution in [2.24, 2.45) is 0 Å². The molecule has 5 heteroatoms. The Balaban J connectivity index is 1.99. The van der Waals surface area contributed by atoms with Gasteiger partial charge in [0.25, 0.3) is 0 Å². The lowest BCUT2D eigenvalue weighted by Gasteiger charge is -2.24. The molecule has 1 atom stereocenters. The Morgan fingerprint density at radius 3 is 2.50 bits per heavy atom. The van der Waals surface area contributed by atoms with Crippen molar-refractivity contribution < 1.29 is 4.79 Å². The van der Waals surface area contributed by atoms with Crippen LogP contribution < -0.4 is 5.32 Å². The van der Waals surface area contributed by atoms with E-state index >= 15 is 0 Å². The van der Waals surface area contributed by atoms with E-state index in [-0.39, 0.29) is 11.9 Å². The zero-order valence-electron chi connectivity index (χ0n) is 12.5. The van der Waals surface area contributed by atoms with Crippen LogP contribution in [0.2, 0.25) is 10.0 Å². The van der Waals surface area contributed by atoms with Gasteiger partial charge in [-0.15, -0.1) is 0 Å². The molecule has 1 N–H and O–H groups in total. The molecule has 0 bridgehead atoms. The van der Waals surface area contributed by atoms with Crippen molar-refractivity contribution in [2.75, 3.05) is 12.4 Å². The van der Waals surface area contributed by atoms with Gasteiger partial charge in [0.15, 0.2) is 0 Å². The molecule has 0 spiro atoms. The Labute approximate surface area is 140 Å². The van der Waals surface area contributed by atoms with Gasteiger partial charge in [-0.2, -0.15) is 0 Å². The molecule has 0 radical (unpaired) electrons. The summed E-state index contributed by atoms with van der Waals surface area (Å²) in [5.74, 6) is -0.0567. The van der Waals surface area contributed by atoms with E-state index in [1.807, 2.05) is 55.3 Å². The smallest absolute Gasteiger partial charge is 0.241 e. The Kier molecular flexibility index (Phi) is 5.83. The summed E-state index contributed by atoms with van der Waals surface area (Å²) in [5.41, 5.74) is 1.73. The molecule has 2 rings (SSSR count). The van der Waals surface area contributed by atoms with Gasteiger partial charge in [0.1, 0.15) is 0 Å². The highest BCUT2D eigenvalue weighted by Crippen LogP contribution is 2.22. The second-order valence-corrected chi connectivity index (χ2v) is 6.03. The number of halogens is 2. The van der Waals surface area contributed by atoms with Gasteiger partial charge >= 0.3 is 0 Å². The second kappa shape index (κ2) is 7.63. The quantitative estimate of drug-likeness (QED) is 0.874. The zero-order chi connectivity index (χ0) is 16.1. The van der Waals surface area contributed by atoms with Crippen LogP contribution in [0.15, 0.2) is 48.5 Å². The minimum atomic E-state index is -0.285. The highest BCUT2D eigenvalue weighted by atomic mass is 35.5. The standard InChI is InChI=1S/C17H18Cl2N2O/c1-12(17(22)20-15-6-4-3-5-7-15)21(2)11-13-8-9-14(18)10-16(13)19/h3-10,12H,11H2,1-2H3,(H,20,22)/t12-/m0/s1. The Morgan fingerprint density at radius 2 is 1.86 bits per heavy atom. The number of rotatable bonds is 5. The summed E-state index contributed by atoms with van der Waals surface area (Å²) in [5, 5.41) is 4.11. The molecule has 0 fully saturated rings. The molecule has 3 nitrogen and oxygen atoms in total. The topological polar surface area (TPSA) is 32.3 Å². The average Bonchev–Trinajstić information content (AvgIpc) is 2.50. The number of benzene rings is 2. The van der Waals surface area contributed by atoms with Gasteiger partial charge in [-0.3, -0.25) is 9.69 Å². The van der Waals surface area contributed by atoms with Crippen LogP contribution in [0.5, 0.6) is 0 Å². The van der Waals surface area contributed by atoms with Crippen LogP contribution in [-0.2, 0) is 11.3 Å². The van der Waals surface area contributed by atoms with E-state index in [9.17, 15) is 4.79 Å². The van der Waals surface area contributed by atoms with Crippen molar-refractivity contribution in [3.05, 3.63) is 64.1 Å². The molecule has 0 saturated carbocycles. The van der Waals surface area contributed by atoms with E-state index in [0.717, 1.165) is 11.3 Å². The number of anilines is 1. The molecule has 0 saturated heterocycles. The third-order valence-corrected chi connectivity index (χ3v) is 4.10. The summed E-state index contributed by atoms with van der Waals surface area (Å²) in [6, 6.07) is 14.5. The van der Waals surface area contributed by atoms with Crippen molar-refractivity contribution >= 4 is 34.8 Å². The first kappa shape index (κ1) is 16.8. The normalized spacial score (nSPS) is 12.2. The van der Waals surface area contributed by atoms with Crippen molar-refractivity contribution in [3.63, 3.8) is 0 Å². The lowest BCUT2D eigenvalue weighted by Crippen LogP contribution is -2.39. The number of nitrogens with one attached hydrogen (secondary N) is 1. The van der Waals surface area contributed by atoms with Crippen LogP contribution in [-0.4, -0.2) is 23.9 Å². The summed E-state index contributed by atoms with van der Waals surface area (Å²) in [6.45, 7) is 2.43.